The summed E-state index contributed by atoms with van der Waals surface area (Å²) >= 11 is 0. The maximum Gasteiger partial charge on any atom is 0.410 e. The number of rotatable bonds is 7. The van der Waals surface area contributed by atoms with Crippen molar-refractivity contribution in [3.8, 4) is 5.75 Å². The van der Waals surface area contributed by atoms with Gasteiger partial charge in [0, 0.05) is 49.0 Å². The van der Waals surface area contributed by atoms with Crippen molar-refractivity contribution >= 4 is 72.9 Å². The lowest BCUT2D eigenvalue weighted by atomic mass is 10.0. The van der Waals surface area contributed by atoms with E-state index in [2.05, 4.69) is 15.4 Å². The Morgan fingerprint density at radius 3 is 2.50 bits per heavy atom. The van der Waals surface area contributed by atoms with E-state index < -0.39 is 92.3 Å². The van der Waals surface area contributed by atoms with Crippen LogP contribution in [-0.4, -0.2) is 113 Å². The Labute approximate surface area is 381 Å². The van der Waals surface area contributed by atoms with Crippen molar-refractivity contribution in [3.05, 3.63) is 60.4 Å². The first-order chi connectivity index (χ1) is 31.5. The van der Waals surface area contributed by atoms with Gasteiger partial charge in [0.15, 0.2) is 11.3 Å². The summed E-state index contributed by atoms with van der Waals surface area (Å²) in [5.74, 6) is -3.03. The number of pyridine rings is 1. The van der Waals surface area contributed by atoms with E-state index in [1.807, 2.05) is 24.3 Å². The van der Waals surface area contributed by atoms with Gasteiger partial charge in [-0.3, -0.25) is 19.1 Å². The van der Waals surface area contributed by atoms with Gasteiger partial charge in [-0.2, -0.15) is 0 Å². The molecule has 0 bridgehead atoms. The van der Waals surface area contributed by atoms with Gasteiger partial charge in [-0.05, 0) is 89.6 Å². The fourth-order valence-electron chi connectivity index (χ4n) is 9.27. The van der Waals surface area contributed by atoms with E-state index in [9.17, 15) is 36.8 Å². The maximum absolute atomic E-state index is 14.9. The second-order valence-electron chi connectivity index (χ2n) is 19.1. The fourth-order valence-corrected chi connectivity index (χ4v) is 10.6. The van der Waals surface area contributed by atoms with Crippen LogP contribution in [0.2, 0.25) is 0 Å². The Morgan fingerprint density at radius 1 is 0.970 bits per heavy atom. The van der Waals surface area contributed by atoms with Gasteiger partial charge in [0.25, 0.3) is 5.91 Å². The minimum atomic E-state index is -3.97. The molecule has 2 aromatic carbocycles. The zero-order valence-electron chi connectivity index (χ0n) is 37.2. The summed E-state index contributed by atoms with van der Waals surface area (Å²) < 4.78 is 67.4. The van der Waals surface area contributed by atoms with Gasteiger partial charge in [-0.25, -0.2) is 27.4 Å². The minimum absolute atomic E-state index is 0.0929. The minimum Gasteiger partial charge on any atom is -0.484 e. The van der Waals surface area contributed by atoms with Crippen molar-refractivity contribution in [2.24, 2.45) is 5.92 Å². The molecule has 5 atom stereocenters. The molecular formula is C47H55FN6O11S. The molecule has 2 saturated carbocycles. The van der Waals surface area contributed by atoms with E-state index in [0.29, 0.717) is 85.4 Å². The van der Waals surface area contributed by atoms with Gasteiger partial charge in [-0.15, -0.1) is 0 Å². The van der Waals surface area contributed by atoms with Crippen LogP contribution < -0.4 is 20.1 Å². The zero-order valence-corrected chi connectivity index (χ0v) is 38.0. The molecule has 5 aliphatic rings. The number of nitrogens with zero attached hydrogens (tertiary/aromatic N) is 3. The molecule has 17 nitrogen and oxygen atoms in total. The van der Waals surface area contributed by atoms with Crippen molar-refractivity contribution in [2.75, 3.05) is 19.6 Å². The van der Waals surface area contributed by atoms with Crippen LogP contribution in [0.4, 0.5) is 14.0 Å². The quantitative estimate of drug-likeness (QED) is 0.179. The summed E-state index contributed by atoms with van der Waals surface area (Å²) in [5, 5.41) is 5.98. The summed E-state index contributed by atoms with van der Waals surface area (Å²) in [5.41, 5.74) is -0.599. The van der Waals surface area contributed by atoms with Crippen molar-refractivity contribution in [1.82, 2.24) is 30.1 Å². The molecule has 4 aromatic rings. The normalized spacial score (nSPS) is 26.1. The summed E-state index contributed by atoms with van der Waals surface area (Å²) in [6, 6.07) is 8.97. The van der Waals surface area contributed by atoms with Gasteiger partial charge >= 0.3 is 12.2 Å². The Hall–Kier alpha value is -5.98. The number of ether oxygens (including phenoxy) is 3. The molecule has 2 saturated heterocycles. The molecule has 4 fully saturated rings. The van der Waals surface area contributed by atoms with Gasteiger partial charge in [0.05, 0.1) is 17.3 Å². The monoisotopic (exact) mass is 930 g/mol. The molecule has 2 aliphatic carbocycles. The number of likely N-dealkylation sites (tertiary alicyclic amines) is 1. The number of amides is 5. The smallest absolute Gasteiger partial charge is 0.410 e. The predicted octanol–water partition coefficient (Wildman–Crippen LogP) is 6.12. The van der Waals surface area contributed by atoms with E-state index >= 15 is 0 Å². The lowest BCUT2D eigenvalue weighted by Gasteiger charge is -2.33. The molecule has 0 unspecified atom stereocenters. The molecular weight excluding hydrogens is 876 g/mol. The van der Waals surface area contributed by atoms with Crippen LogP contribution in [0.25, 0.3) is 33.0 Å². The summed E-state index contributed by atoms with van der Waals surface area (Å²) in [6.45, 7) is 5.81. The summed E-state index contributed by atoms with van der Waals surface area (Å²) in [6.07, 6.45) is 5.47. The fraction of sp³-hybridized carbons (Fsp3) is 0.532. The third-order valence-corrected chi connectivity index (χ3v) is 14.8. The Bertz CT molecular complexity index is 2730. The average molecular weight is 931 g/mol. The number of allylic oxidation sites excluding steroid dienone is 1. The van der Waals surface area contributed by atoms with Gasteiger partial charge in [-0.1, -0.05) is 37.1 Å². The number of benzene rings is 2. The number of nitrogens with one attached hydrogen (secondary N) is 3. The third-order valence-electron chi connectivity index (χ3n) is 13.0. The molecule has 19 heteroatoms. The van der Waals surface area contributed by atoms with Crippen LogP contribution in [0.5, 0.6) is 5.75 Å². The second-order valence-corrected chi connectivity index (χ2v) is 21.1. The predicted molar refractivity (Wildman–Crippen MR) is 239 cm³/mol. The second kappa shape index (κ2) is 17.7. The highest BCUT2D eigenvalue weighted by atomic mass is 32.2. The van der Waals surface area contributed by atoms with E-state index in [1.165, 1.54) is 23.1 Å². The first kappa shape index (κ1) is 45.2. The Morgan fingerprint density at radius 2 is 1.74 bits per heavy atom. The average Bonchev–Trinajstić information content (AvgIpc) is 4.17. The lowest BCUT2D eigenvalue weighted by Crippen LogP contribution is -2.58. The molecule has 2 aromatic heterocycles. The molecule has 66 heavy (non-hydrogen) atoms. The van der Waals surface area contributed by atoms with Crippen LogP contribution in [0.3, 0.4) is 0 Å². The third kappa shape index (κ3) is 9.49. The standard InChI is InChI=1S/C47H55FN6O11S/c1-46(2,3)65-45(59)53-21-19-29(20-22-53)63-44(58)50-35-13-8-6-4-5-7-11-27-25-47(27,43(57)52-66(60,61)31-16-17-31)51-41(55)36-24-30(26-54(36)42(35)56)62-39-33-23-28(48)15-18-34(33)49-38-32-12-9-10-14-37(32)64-40(38)39/h7,9-12,14-15,18,23,27,29-31,35-36H,4-6,8,13,16-17,19-22,24-26H2,1-3H3,(H,50,58)(H,51,55)(H,52,57)/b11-7-/t27-,30+,35-,36-,47+/m0/s1. The number of hydrogen-bond donors (Lipinski definition) is 3. The first-order valence-electron chi connectivity index (χ1n) is 22.9. The Balaban J connectivity index is 1.00. The zero-order chi connectivity index (χ0) is 46.5. The number of hydrogen-bond acceptors (Lipinski definition) is 12. The Kier molecular flexibility index (Phi) is 12.1. The lowest BCUT2D eigenvalue weighted by molar-refractivity contribution is -0.141. The highest BCUT2D eigenvalue weighted by molar-refractivity contribution is 7.91. The number of halogens is 1. The molecule has 9 rings (SSSR count). The molecule has 0 spiro atoms. The maximum atomic E-state index is 14.9. The van der Waals surface area contributed by atoms with Crippen LogP contribution >= 0.6 is 0 Å². The number of sulfonamides is 1. The number of alkyl carbamates (subject to hydrolysis) is 1. The SMILES string of the molecule is CC(C)(C)OC(=O)N1CCC(OC(=O)N[C@H]2CCCCC/C=C\[C@H]3C[C@@]3(C(=O)NS(=O)(=O)C3CC3)NC(=O)[C@@H]3C[C@@H](Oc4c5cc(F)ccc5nc5c4oc4ccccc45)CN3C2=O)CC1. The number of para-hydroxylation sites is 1. The summed E-state index contributed by atoms with van der Waals surface area (Å²) in [7, 11) is -3.97. The van der Waals surface area contributed by atoms with Gasteiger partial charge in [0.2, 0.25) is 21.8 Å². The topological polar surface area (TPSA) is 216 Å². The molecule has 0 radical (unpaired) electrons. The van der Waals surface area contributed by atoms with E-state index in [1.54, 1.807) is 37.8 Å². The number of fused-ring (bicyclic) bond motifs is 6. The van der Waals surface area contributed by atoms with E-state index in [-0.39, 0.29) is 37.1 Å². The molecule has 3 N–H and O–H groups in total. The first-order valence-corrected chi connectivity index (χ1v) is 24.4. The van der Waals surface area contributed by atoms with Gasteiger partial charge < -0.3 is 39.1 Å². The highest BCUT2D eigenvalue weighted by Crippen LogP contribution is 2.46. The van der Waals surface area contributed by atoms with E-state index in [4.69, 9.17) is 23.6 Å². The van der Waals surface area contributed by atoms with Crippen molar-refractivity contribution in [1.29, 1.82) is 0 Å². The number of furan rings is 1. The van der Waals surface area contributed by atoms with Crippen molar-refractivity contribution in [2.45, 2.75) is 132 Å². The molecule has 3 aliphatic heterocycles. The number of aromatic nitrogens is 1. The van der Waals surface area contributed by atoms with Crippen LogP contribution in [0.1, 0.15) is 91.4 Å². The van der Waals surface area contributed by atoms with Crippen molar-refractivity contribution in [3.63, 3.8) is 0 Å². The molecule has 5 heterocycles. The highest BCUT2D eigenvalue weighted by Gasteiger charge is 2.62. The van der Waals surface area contributed by atoms with Crippen LogP contribution in [-0.2, 0) is 33.9 Å². The van der Waals surface area contributed by atoms with Crippen LogP contribution in [0.15, 0.2) is 59.0 Å². The molecule has 5 amide bonds. The molecule has 352 valence electrons. The van der Waals surface area contributed by atoms with Gasteiger partial charge in [0.1, 0.15) is 52.3 Å². The number of carbonyl (C=O) groups excluding carboxylic acids is 5. The van der Waals surface area contributed by atoms with Crippen LogP contribution in [0, 0.1) is 11.7 Å². The largest absolute Gasteiger partial charge is 0.484 e. The van der Waals surface area contributed by atoms with E-state index in [0.717, 1.165) is 6.42 Å². The number of piperidine rings is 1. The number of carbonyl (C=O) groups is 5. The van der Waals surface area contributed by atoms with Crippen molar-refractivity contribution < 1.29 is 55.4 Å². The summed E-state index contributed by atoms with van der Waals surface area (Å²) in [4.78, 5) is 77.5.